The molecular weight excluding hydrogens is 730 g/mol. The third-order valence-electron chi connectivity index (χ3n) is 17.3. The summed E-state index contributed by atoms with van der Waals surface area (Å²) >= 11 is 0. The summed E-state index contributed by atoms with van der Waals surface area (Å²) < 4.78 is 2.70. The van der Waals surface area contributed by atoms with E-state index in [0.717, 1.165) is 12.8 Å². The fourth-order valence-corrected chi connectivity index (χ4v) is 15.6. The Morgan fingerprint density at radius 2 is 1.25 bits per heavy atom. The molecule has 6 aliphatic rings. The topological polar surface area (TPSA) is 11.4 Å². The van der Waals surface area contributed by atoms with E-state index in [9.17, 15) is 0 Å². The van der Waals surface area contributed by atoms with Crippen molar-refractivity contribution >= 4 is 80.9 Å². The number of anilines is 4. The Balaban J connectivity index is 1.18. The summed E-state index contributed by atoms with van der Waals surface area (Å²) in [5, 5.41) is 4.33. The van der Waals surface area contributed by atoms with Crippen LogP contribution in [0.3, 0.4) is 0 Å². The lowest BCUT2D eigenvalue weighted by Gasteiger charge is -2.54. The highest BCUT2D eigenvalue weighted by molar-refractivity contribution is 7.01. The molecule has 4 aliphatic heterocycles. The quantitative estimate of drug-likeness (QED) is 0.165. The fourth-order valence-electron chi connectivity index (χ4n) is 14.4. The average Bonchev–Trinajstić information content (AvgIpc) is 3.79. The first kappa shape index (κ1) is 34.8. The predicted molar refractivity (Wildman–Crippen MR) is 254 cm³/mol. The van der Waals surface area contributed by atoms with Crippen LogP contribution >= 0.6 is 0 Å². The van der Waals surface area contributed by atoms with E-state index in [4.69, 9.17) is 0 Å². The molecule has 2 fully saturated rings. The van der Waals surface area contributed by atoms with Crippen LogP contribution in [0.4, 0.5) is 22.7 Å². The number of hydrogen-bond acceptors (Lipinski definition) is 2. The van der Waals surface area contributed by atoms with Gasteiger partial charge in [-0.05, 0) is 96.9 Å². The van der Waals surface area contributed by atoms with Crippen molar-refractivity contribution in [1.82, 2.24) is 4.57 Å². The molecule has 0 saturated heterocycles. The van der Waals surface area contributed by atoms with E-state index in [2.05, 4.69) is 176 Å². The third-order valence-corrected chi connectivity index (χ3v) is 19.4. The van der Waals surface area contributed by atoms with E-state index in [1.54, 1.807) is 16.2 Å². The maximum atomic E-state index is 2.95. The number of rotatable bonds is 3. The minimum atomic E-state index is -1.68. The van der Waals surface area contributed by atoms with E-state index in [-0.39, 0.29) is 28.6 Å². The molecule has 59 heavy (non-hydrogen) atoms. The molecule has 4 atom stereocenters. The van der Waals surface area contributed by atoms with Gasteiger partial charge in [-0.15, -0.1) is 0 Å². The van der Waals surface area contributed by atoms with Gasteiger partial charge < -0.3 is 14.4 Å². The molecule has 5 heterocycles. The van der Waals surface area contributed by atoms with Gasteiger partial charge in [0.25, 0.3) is 6.71 Å². The SMILES string of the molecule is CC12CCCCC1(C)N1c3cc(N4c5ccccc5C5(c6ccccc6)CCCCC45C)cc4c3B(c3cc([Si](C)(C)C)cc2c31)c1cccc2c3ccccc3n-4c12. The molecule has 0 N–H and O–H groups in total. The maximum absolute atomic E-state index is 2.95. The molecule has 13 rings (SSSR count). The largest absolute Gasteiger partial charge is 0.335 e. The zero-order valence-electron chi connectivity index (χ0n) is 35.6. The molecule has 0 amide bonds. The van der Waals surface area contributed by atoms with Crippen molar-refractivity contribution in [2.75, 3.05) is 9.80 Å². The van der Waals surface area contributed by atoms with Crippen LogP contribution in [-0.4, -0.2) is 30.4 Å². The molecule has 4 unspecified atom stereocenters. The van der Waals surface area contributed by atoms with Crippen LogP contribution in [0, 0.1) is 0 Å². The van der Waals surface area contributed by atoms with Gasteiger partial charge in [-0.1, -0.05) is 154 Å². The summed E-state index contributed by atoms with van der Waals surface area (Å²) in [7, 11) is -1.68. The maximum Gasteiger partial charge on any atom is 0.252 e. The van der Waals surface area contributed by atoms with Crippen LogP contribution < -0.4 is 31.4 Å². The molecule has 292 valence electrons. The van der Waals surface area contributed by atoms with Crippen LogP contribution in [0.1, 0.15) is 88.8 Å². The van der Waals surface area contributed by atoms with Gasteiger partial charge in [0, 0.05) is 55.6 Å². The zero-order valence-corrected chi connectivity index (χ0v) is 36.6. The van der Waals surface area contributed by atoms with Gasteiger partial charge in [-0.25, -0.2) is 0 Å². The standard InChI is InChI=1S/C54H54BN3Si/c1-51-27-14-15-28-52(51,2)58-47-32-36(57-45-26-13-11-23-40(45)54(35-19-8-7-9-20-35)30-17-16-29-53(54,57)3)31-46-48(47)55(43-34-37(59(4,5)6)33-41(51)50(43)58)42-24-18-22-39-38-21-10-12-25-44(38)56(46)49(39)42/h7-13,18-26,31-34H,14-17,27-30H2,1-6H3. The first-order valence-corrected chi connectivity index (χ1v) is 26.2. The van der Waals surface area contributed by atoms with Crippen molar-refractivity contribution in [2.24, 2.45) is 0 Å². The number of benzene rings is 6. The number of fused-ring (bicyclic) bond motifs is 13. The lowest BCUT2D eigenvalue weighted by molar-refractivity contribution is 0.195. The van der Waals surface area contributed by atoms with E-state index >= 15 is 0 Å². The van der Waals surface area contributed by atoms with Gasteiger partial charge in [0.15, 0.2) is 0 Å². The molecule has 3 nitrogen and oxygen atoms in total. The van der Waals surface area contributed by atoms with Gasteiger partial charge >= 0.3 is 0 Å². The van der Waals surface area contributed by atoms with E-state index < -0.39 is 8.07 Å². The summed E-state index contributed by atoms with van der Waals surface area (Å²) in [6, 6.07) is 48.3. The second kappa shape index (κ2) is 11.2. The Bertz CT molecular complexity index is 2980. The fraction of sp³-hybridized carbons (Fsp3) is 0.333. The van der Waals surface area contributed by atoms with Gasteiger partial charge in [-0.2, -0.15) is 0 Å². The predicted octanol–water partition coefficient (Wildman–Crippen LogP) is 11.0. The first-order chi connectivity index (χ1) is 28.5. The minimum Gasteiger partial charge on any atom is -0.335 e. The number of nitrogens with zero attached hydrogens (tertiary/aromatic N) is 3. The van der Waals surface area contributed by atoms with Crippen LogP contribution in [0.2, 0.25) is 19.6 Å². The summed E-state index contributed by atoms with van der Waals surface area (Å²) in [6.45, 7) is 15.8. The van der Waals surface area contributed by atoms with Crippen molar-refractivity contribution in [3.8, 4) is 5.69 Å². The highest BCUT2D eigenvalue weighted by Crippen LogP contribution is 2.65. The van der Waals surface area contributed by atoms with E-state index in [0.29, 0.717) is 0 Å². The number of para-hydroxylation sites is 3. The van der Waals surface area contributed by atoms with Crippen molar-refractivity contribution in [2.45, 2.75) is 114 Å². The molecule has 2 aliphatic carbocycles. The van der Waals surface area contributed by atoms with Gasteiger partial charge in [0.1, 0.15) is 0 Å². The van der Waals surface area contributed by atoms with Crippen LogP contribution in [-0.2, 0) is 10.8 Å². The Labute approximate surface area is 351 Å². The Kier molecular flexibility index (Phi) is 6.62. The van der Waals surface area contributed by atoms with Gasteiger partial charge in [0.2, 0.25) is 0 Å². The zero-order chi connectivity index (χ0) is 39.8. The van der Waals surface area contributed by atoms with Crippen molar-refractivity contribution in [3.05, 3.63) is 138 Å². The molecule has 1 aromatic heterocycles. The highest BCUT2D eigenvalue weighted by atomic mass is 28.3. The molecule has 0 bridgehead atoms. The summed E-state index contributed by atoms with van der Waals surface area (Å²) in [5.41, 5.74) is 18.7. The molecule has 6 aromatic carbocycles. The highest BCUT2D eigenvalue weighted by Gasteiger charge is 2.63. The Morgan fingerprint density at radius 3 is 2.08 bits per heavy atom. The third kappa shape index (κ3) is 3.94. The molecular formula is C54H54BN3Si. The second-order valence-corrected chi connectivity index (χ2v) is 26.0. The molecule has 0 spiro atoms. The second-order valence-electron chi connectivity index (χ2n) is 20.9. The summed E-state index contributed by atoms with van der Waals surface area (Å²) in [4.78, 5) is 5.81. The summed E-state index contributed by atoms with van der Waals surface area (Å²) in [5.74, 6) is 0. The smallest absolute Gasteiger partial charge is 0.252 e. The number of hydrogen-bond donors (Lipinski definition) is 0. The van der Waals surface area contributed by atoms with Crippen molar-refractivity contribution in [1.29, 1.82) is 0 Å². The molecule has 5 heteroatoms. The minimum absolute atomic E-state index is 0.0335. The summed E-state index contributed by atoms with van der Waals surface area (Å²) in [6.07, 6.45) is 9.83. The first-order valence-electron chi connectivity index (χ1n) is 22.7. The molecule has 0 radical (unpaired) electrons. The Morgan fingerprint density at radius 1 is 0.559 bits per heavy atom. The lowest BCUT2D eigenvalue weighted by atomic mass is 9.33. The van der Waals surface area contributed by atoms with Crippen LogP contribution in [0.25, 0.3) is 27.5 Å². The van der Waals surface area contributed by atoms with E-state index in [1.165, 1.54) is 111 Å². The van der Waals surface area contributed by atoms with Crippen molar-refractivity contribution < 1.29 is 0 Å². The van der Waals surface area contributed by atoms with E-state index in [1.807, 2.05) is 0 Å². The average molecular weight is 784 g/mol. The molecule has 2 saturated carbocycles. The molecule has 7 aromatic rings. The van der Waals surface area contributed by atoms with Crippen LogP contribution in [0.5, 0.6) is 0 Å². The van der Waals surface area contributed by atoms with Gasteiger partial charge in [-0.3, -0.25) is 0 Å². The van der Waals surface area contributed by atoms with Crippen LogP contribution in [0.15, 0.2) is 121 Å². The number of aromatic nitrogens is 1. The normalized spacial score (nSPS) is 27.1. The van der Waals surface area contributed by atoms with Crippen molar-refractivity contribution in [3.63, 3.8) is 0 Å². The Hall–Kier alpha value is -5.00. The monoisotopic (exact) mass is 783 g/mol. The lowest BCUT2D eigenvalue weighted by Crippen LogP contribution is -2.64. The van der Waals surface area contributed by atoms with Gasteiger partial charge in [0.05, 0.1) is 24.7 Å².